The van der Waals surface area contributed by atoms with Crippen molar-refractivity contribution in [3.63, 3.8) is 0 Å². The fourth-order valence-corrected chi connectivity index (χ4v) is 3.82. The van der Waals surface area contributed by atoms with Gasteiger partial charge in [0.25, 0.3) is 0 Å². The Kier molecular flexibility index (Phi) is 3.60. The van der Waals surface area contributed by atoms with Crippen LogP contribution in [0.25, 0.3) is 0 Å². The van der Waals surface area contributed by atoms with E-state index >= 15 is 0 Å². The SMILES string of the molecule is CCC1NC(C2CCCC2)N(CC2CCC2)C1=O. The van der Waals surface area contributed by atoms with Crippen LogP contribution in [-0.2, 0) is 4.79 Å². The van der Waals surface area contributed by atoms with Crippen molar-refractivity contribution in [1.82, 2.24) is 10.2 Å². The van der Waals surface area contributed by atoms with Gasteiger partial charge in [-0.25, -0.2) is 0 Å². The molecule has 3 fully saturated rings. The topological polar surface area (TPSA) is 32.3 Å². The van der Waals surface area contributed by atoms with E-state index in [1.165, 1.54) is 44.9 Å². The minimum Gasteiger partial charge on any atom is -0.325 e. The van der Waals surface area contributed by atoms with Crippen LogP contribution in [0, 0.1) is 11.8 Å². The van der Waals surface area contributed by atoms with Gasteiger partial charge in [0.1, 0.15) is 0 Å². The molecule has 3 nitrogen and oxygen atoms in total. The number of nitrogens with one attached hydrogen (secondary N) is 1. The van der Waals surface area contributed by atoms with Crippen molar-refractivity contribution in [2.24, 2.45) is 11.8 Å². The molecule has 3 rings (SSSR count). The van der Waals surface area contributed by atoms with E-state index in [0.29, 0.717) is 18.0 Å². The van der Waals surface area contributed by atoms with Gasteiger partial charge in [0, 0.05) is 6.54 Å². The van der Waals surface area contributed by atoms with Crippen molar-refractivity contribution in [3.05, 3.63) is 0 Å². The molecule has 2 atom stereocenters. The molecule has 1 amide bonds. The van der Waals surface area contributed by atoms with E-state index in [4.69, 9.17) is 0 Å². The zero-order valence-corrected chi connectivity index (χ0v) is 11.5. The largest absolute Gasteiger partial charge is 0.325 e. The predicted octanol–water partition coefficient (Wildman–Crippen LogP) is 2.51. The van der Waals surface area contributed by atoms with Gasteiger partial charge in [-0.1, -0.05) is 26.2 Å². The van der Waals surface area contributed by atoms with Gasteiger partial charge >= 0.3 is 0 Å². The highest BCUT2D eigenvalue weighted by Gasteiger charge is 2.43. The number of carbonyl (C=O) groups is 1. The molecular weight excluding hydrogens is 224 g/mol. The van der Waals surface area contributed by atoms with Crippen LogP contribution in [0.15, 0.2) is 0 Å². The average molecular weight is 250 g/mol. The van der Waals surface area contributed by atoms with Crippen LogP contribution in [0.4, 0.5) is 0 Å². The molecule has 3 aliphatic rings. The minimum atomic E-state index is 0.0932. The molecule has 0 spiro atoms. The van der Waals surface area contributed by atoms with Crippen LogP contribution in [0.1, 0.15) is 58.3 Å². The van der Waals surface area contributed by atoms with Crippen molar-refractivity contribution in [2.75, 3.05) is 6.54 Å². The summed E-state index contributed by atoms with van der Waals surface area (Å²) in [7, 11) is 0. The second-order valence-corrected chi connectivity index (χ2v) is 6.40. The monoisotopic (exact) mass is 250 g/mol. The Morgan fingerprint density at radius 2 is 1.89 bits per heavy atom. The summed E-state index contributed by atoms with van der Waals surface area (Å²) >= 11 is 0. The van der Waals surface area contributed by atoms with Crippen molar-refractivity contribution in [2.45, 2.75) is 70.5 Å². The molecule has 1 heterocycles. The Morgan fingerprint density at radius 1 is 1.17 bits per heavy atom. The summed E-state index contributed by atoms with van der Waals surface area (Å²) in [5, 5.41) is 3.61. The first-order valence-electron chi connectivity index (χ1n) is 7.86. The molecule has 2 aliphatic carbocycles. The Morgan fingerprint density at radius 3 is 2.44 bits per heavy atom. The molecule has 0 aromatic rings. The fourth-order valence-electron chi connectivity index (χ4n) is 3.82. The number of amides is 1. The van der Waals surface area contributed by atoms with Gasteiger partial charge in [0.2, 0.25) is 5.91 Å². The quantitative estimate of drug-likeness (QED) is 0.831. The molecule has 0 bridgehead atoms. The lowest BCUT2D eigenvalue weighted by molar-refractivity contribution is -0.131. The summed E-state index contributed by atoms with van der Waals surface area (Å²) in [6.45, 7) is 3.14. The standard InChI is InChI=1S/C15H26N2O/c1-2-13-15(18)17(10-11-6-5-7-11)14(16-13)12-8-3-4-9-12/h11-14,16H,2-10H2,1H3. The average Bonchev–Trinajstić information content (AvgIpc) is 2.92. The van der Waals surface area contributed by atoms with E-state index in [0.717, 1.165) is 18.9 Å². The first-order chi connectivity index (χ1) is 8.79. The number of carbonyl (C=O) groups excluding carboxylic acids is 1. The minimum absolute atomic E-state index is 0.0932. The third-order valence-electron chi connectivity index (χ3n) is 5.22. The summed E-state index contributed by atoms with van der Waals surface area (Å²) in [6.07, 6.45) is 10.6. The van der Waals surface area contributed by atoms with Gasteiger partial charge in [-0.05, 0) is 43.9 Å². The second kappa shape index (κ2) is 5.20. The Labute approximate surface area is 110 Å². The van der Waals surface area contributed by atoms with E-state index in [-0.39, 0.29) is 6.04 Å². The predicted molar refractivity (Wildman–Crippen MR) is 72.0 cm³/mol. The zero-order valence-electron chi connectivity index (χ0n) is 11.5. The fraction of sp³-hybridized carbons (Fsp3) is 0.933. The van der Waals surface area contributed by atoms with E-state index in [9.17, 15) is 4.79 Å². The Bertz CT molecular complexity index is 308. The van der Waals surface area contributed by atoms with Crippen molar-refractivity contribution < 1.29 is 4.79 Å². The van der Waals surface area contributed by atoms with Gasteiger partial charge in [-0.2, -0.15) is 0 Å². The third kappa shape index (κ3) is 2.18. The van der Waals surface area contributed by atoms with Gasteiger partial charge in [0.05, 0.1) is 12.2 Å². The van der Waals surface area contributed by atoms with Crippen LogP contribution in [0.2, 0.25) is 0 Å². The molecule has 2 unspecified atom stereocenters. The second-order valence-electron chi connectivity index (χ2n) is 6.40. The smallest absolute Gasteiger partial charge is 0.241 e. The molecule has 0 aromatic carbocycles. The number of hydrogen-bond donors (Lipinski definition) is 1. The maximum absolute atomic E-state index is 12.4. The summed E-state index contributed by atoms with van der Waals surface area (Å²) < 4.78 is 0. The molecule has 2 saturated carbocycles. The molecule has 0 radical (unpaired) electrons. The first kappa shape index (κ1) is 12.5. The maximum atomic E-state index is 12.4. The molecule has 1 aliphatic heterocycles. The molecular formula is C15H26N2O. The maximum Gasteiger partial charge on any atom is 0.241 e. The van der Waals surface area contributed by atoms with Gasteiger partial charge in [0.15, 0.2) is 0 Å². The van der Waals surface area contributed by atoms with Crippen molar-refractivity contribution in [1.29, 1.82) is 0 Å². The highest BCUT2D eigenvalue weighted by Crippen LogP contribution is 2.35. The van der Waals surface area contributed by atoms with Crippen LogP contribution in [0.3, 0.4) is 0 Å². The lowest BCUT2D eigenvalue weighted by Crippen LogP contribution is -2.45. The summed E-state index contributed by atoms with van der Waals surface area (Å²) in [6, 6.07) is 0.0932. The molecule has 1 saturated heterocycles. The Balaban J connectivity index is 1.69. The van der Waals surface area contributed by atoms with Crippen molar-refractivity contribution >= 4 is 5.91 Å². The lowest BCUT2D eigenvalue weighted by Gasteiger charge is -2.35. The van der Waals surface area contributed by atoms with Gasteiger partial charge in [-0.15, -0.1) is 0 Å². The van der Waals surface area contributed by atoms with Crippen LogP contribution in [-0.4, -0.2) is 29.6 Å². The first-order valence-corrected chi connectivity index (χ1v) is 7.86. The Hall–Kier alpha value is -0.570. The molecule has 0 aromatic heterocycles. The van der Waals surface area contributed by atoms with Crippen LogP contribution >= 0.6 is 0 Å². The highest BCUT2D eigenvalue weighted by atomic mass is 16.2. The molecule has 18 heavy (non-hydrogen) atoms. The third-order valence-corrected chi connectivity index (χ3v) is 5.22. The summed E-state index contributed by atoms with van der Waals surface area (Å²) in [5.41, 5.74) is 0. The summed E-state index contributed by atoms with van der Waals surface area (Å²) in [5.74, 6) is 1.88. The van der Waals surface area contributed by atoms with E-state index in [1.54, 1.807) is 0 Å². The summed E-state index contributed by atoms with van der Waals surface area (Å²) in [4.78, 5) is 14.6. The van der Waals surface area contributed by atoms with E-state index < -0.39 is 0 Å². The van der Waals surface area contributed by atoms with Crippen LogP contribution in [0.5, 0.6) is 0 Å². The number of nitrogens with zero attached hydrogens (tertiary/aromatic N) is 1. The van der Waals surface area contributed by atoms with Crippen molar-refractivity contribution in [3.8, 4) is 0 Å². The number of hydrogen-bond acceptors (Lipinski definition) is 2. The zero-order chi connectivity index (χ0) is 12.5. The van der Waals surface area contributed by atoms with E-state index in [1.807, 2.05) is 0 Å². The molecule has 3 heteroatoms. The molecule has 102 valence electrons. The van der Waals surface area contributed by atoms with Crippen LogP contribution < -0.4 is 5.32 Å². The van der Waals surface area contributed by atoms with Gasteiger partial charge in [-0.3, -0.25) is 10.1 Å². The van der Waals surface area contributed by atoms with E-state index in [2.05, 4.69) is 17.1 Å². The highest BCUT2D eigenvalue weighted by molar-refractivity contribution is 5.84. The lowest BCUT2D eigenvalue weighted by atomic mass is 9.84. The normalized spacial score (nSPS) is 34.3. The van der Waals surface area contributed by atoms with Gasteiger partial charge < -0.3 is 4.90 Å². The number of rotatable bonds is 4. The molecule has 1 N–H and O–H groups in total.